The first kappa shape index (κ1) is 10.4. The fourth-order valence-electron chi connectivity index (χ4n) is 1.23. The lowest BCUT2D eigenvalue weighted by Crippen LogP contribution is -2.53. The summed E-state index contributed by atoms with van der Waals surface area (Å²) in [6, 6.07) is 0. The van der Waals surface area contributed by atoms with Crippen LogP contribution < -0.4 is 5.84 Å². The van der Waals surface area contributed by atoms with Gasteiger partial charge in [0, 0.05) is 26.2 Å². The summed E-state index contributed by atoms with van der Waals surface area (Å²) in [6.07, 6.45) is -1.29. The van der Waals surface area contributed by atoms with E-state index in [9.17, 15) is 4.79 Å². The molecule has 1 amide bonds. The number of nitrogens with two attached hydrogens (primary N) is 1. The maximum atomic E-state index is 11.3. The normalized spacial score (nSPS) is 21.6. The summed E-state index contributed by atoms with van der Waals surface area (Å²) in [5, 5.41) is 19.2. The van der Waals surface area contributed by atoms with E-state index in [4.69, 9.17) is 16.1 Å². The molecule has 1 unspecified atom stereocenters. The summed E-state index contributed by atoms with van der Waals surface area (Å²) >= 11 is 0. The third-order valence-electron chi connectivity index (χ3n) is 2.08. The molecule has 1 aliphatic heterocycles. The van der Waals surface area contributed by atoms with Gasteiger partial charge < -0.3 is 15.1 Å². The van der Waals surface area contributed by atoms with E-state index in [1.165, 1.54) is 4.90 Å². The molecule has 0 aromatic carbocycles. The van der Waals surface area contributed by atoms with E-state index in [-0.39, 0.29) is 0 Å². The highest BCUT2D eigenvalue weighted by Crippen LogP contribution is 2.00. The molecule has 1 rings (SSSR count). The summed E-state index contributed by atoms with van der Waals surface area (Å²) in [7, 11) is 0. The quantitative estimate of drug-likeness (QED) is 0.413. The smallest absolute Gasteiger partial charge is 0.253 e. The summed E-state index contributed by atoms with van der Waals surface area (Å²) in [6.45, 7) is 1.69. The van der Waals surface area contributed by atoms with Gasteiger partial charge in [-0.1, -0.05) is 0 Å². The lowest BCUT2D eigenvalue weighted by molar-refractivity contribution is -0.143. The Balaban J connectivity index is 2.40. The summed E-state index contributed by atoms with van der Waals surface area (Å²) in [5.41, 5.74) is 0. The van der Waals surface area contributed by atoms with Crippen molar-refractivity contribution in [2.75, 3.05) is 32.8 Å². The average Bonchev–Trinajstić information content (AvgIpc) is 2.17. The van der Waals surface area contributed by atoms with Gasteiger partial charge in [-0.15, -0.1) is 0 Å². The minimum Gasteiger partial charge on any atom is -0.393 e. The largest absolute Gasteiger partial charge is 0.393 e. The first-order valence-corrected chi connectivity index (χ1v) is 4.22. The molecule has 0 aliphatic carbocycles. The van der Waals surface area contributed by atoms with Crippen molar-refractivity contribution in [3.63, 3.8) is 0 Å². The molecule has 6 nitrogen and oxygen atoms in total. The van der Waals surface area contributed by atoms with Crippen LogP contribution in [0.1, 0.15) is 0 Å². The molecule has 0 bridgehead atoms. The zero-order chi connectivity index (χ0) is 9.84. The second-order valence-corrected chi connectivity index (χ2v) is 3.06. The summed E-state index contributed by atoms with van der Waals surface area (Å²) in [5.74, 6) is 5.07. The molecule has 1 heterocycles. The van der Waals surface area contributed by atoms with Gasteiger partial charge in [0.25, 0.3) is 5.91 Å². The zero-order valence-electron chi connectivity index (χ0n) is 7.39. The number of carbonyl (C=O) groups is 1. The fraction of sp³-hybridized carbons (Fsp3) is 0.857. The Kier molecular flexibility index (Phi) is 3.61. The van der Waals surface area contributed by atoms with Crippen LogP contribution in [0, 0.1) is 0 Å². The number of hydrazine groups is 1. The minimum absolute atomic E-state index is 0.421. The lowest BCUT2D eigenvalue weighted by atomic mass is 10.3. The molecule has 0 aromatic heterocycles. The van der Waals surface area contributed by atoms with E-state index < -0.39 is 18.6 Å². The van der Waals surface area contributed by atoms with Crippen molar-refractivity contribution < 1.29 is 15.0 Å². The van der Waals surface area contributed by atoms with Crippen LogP contribution in [0.15, 0.2) is 0 Å². The van der Waals surface area contributed by atoms with Crippen LogP contribution in [0.4, 0.5) is 0 Å². The van der Waals surface area contributed by atoms with Crippen LogP contribution >= 0.6 is 0 Å². The Hall–Kier alpha value is -0.690. The highest BCUT2D eigenvalue weighted by molar-refractivity contribution is 5.80. The van der Waals surface area contributed by atoms with Gasteiger partial charge in [0.2, 0.25) is 0 Å². The molecule has 76 valence electrons. The Morgan fingerprint density at radius 1 is 1.38 bits per heavy atom. The molecule has 4 N–H and O–H groups in total. The van der Waals surface area contributed by atoms with Crippen molar-refractivity contribution in [2.24, 2.45) is 5.84 Å². The molecule has 1 fully saturated rings. The van der Waals surface area contributed by atoms with E-state index >= 15 is 0 Å². The maximum Gasteiger partial charge on any atom is 0.253 e. The molecular formula is C7H15N3O3. The molecule has 0 aromatic rings. The number of rotatable bonds is 2. The van der Waals surface area contributed by atoms with Crippen LogP contribution in [0.2, 0.25) is 0 Å². The van der Waals surface area contributed by atoms with E-state index in [1.807, 2.05) is 0 Å². The lowest BCUT2D eigenvalue weighted by Gasteiger charge is -2.32. The van der Waals surface area contributed by atoms with Crippen LogP contribution in [0.3, 0.4) is 0 Å². The predicted molar refractivity (Wildman–Crippen MR) is 45.4 cm³/mol. The average molecular weight is 189 g/mol. The Bertz CT molecular complexity index is 180. The number of carbonyl (C=O) groups excluding carboxylic acids is 1. The zero-order valence-corrected chi connectivity index (χ0v) is 7.39. The van der Waals surface area contributed by atoms with Crippen molar-refractivity contribution in [1.82, 2.24) is 9.91 Å². The van der Waals surface area contributed by atoms with Gasteiger partial charge in [0.15, 0.2) is 6.10 Å². The molecule has 0 radical (unpaired) electrons. The second kappa shape index (κ2) is 4.52. The SMILES string of the molecule is NN1CCN(C(=O)C(O)CO)CC1. The van der Waals surface area contributed by atoms with Crippen LogP contribution in [-0.4, -0.2) is 64.9 Å². The van der Waals surface area contributed by atoms with Gasteiger partial charge in [-0.25, -0.2) is 5.01 Å². The van der Waals surface area contributed by atoms with Gasteiger partial charge in [-0.3, -0.25) is 10.6 Å². The Labute approximate surface area is 76.5 Å². The maximum absolute atomic E-state index is 11.3. The number of piperazine rings is 1. The van der Waals surface area contributed by atoms with E-state index in [1.54, 1.807) is 5.01 Å². The number of aliphatic hydroxyl groups is 2. The monoisotopic (exact) mass is 189 g/mol. The van der Waals surface area contributed by atoms with Gasteiger partial charge in [-0.05, 0) is 0 Å². The van der Waals surface area contributed by atoms with E-state index in [0.717, 1.165) is 0 Å². The summed E-state index contributed by atoms with van der Waals surface area (Å²) in [4.78, 5) is 12.8. The van der Waals surface area contributed by atoms with Crippen molar-refractivity contribution in [3.8, 4) is 0 Å². The first-order valence-electron chi connectivity index (χ1n) is 4.22. The third kappa shape index (κ3) is 2.63. The van der Waals surface area contributed by atoms with Gasteiger partial charge in [-0.2, -0.15) is 0 Å². The first-order chi connectivity index (χ1) is 6.15. The highest BCUT2D eigenvalue weighted by Gasteiger charge is 2.24. The third-order valence-corrected chi connectivity index (χ3v) is 2.08. The molecular weight excluding hydrogens is 174 g/mol. The standard InChI is InChI=1S/C7H15N3O3/c8-10-3-1-9(2-4-10)7(13)6(12)5-11/h6,11-12H,1-5,8H2. The molecule has 1 aliphatic rings. The number of hydrogen-bond donors (Lipinski definition) is 3. The van der Waals surface area contributed by atoms with Crippen LogP contribution in [0.5, 0.6) is 0 Å². The molecule has 1 saturated heterocycles. The van der Waals surface area contributed by atoms with E-state index in [0.29, 0.717) is 26.2 Å². The highest BCUT2D eigenvalue weighted by atomic mass is 16.3. The predicted octanol–water partition coefficient (Wildman–Crippen LogP) is -2.64. The van der Waals surface area contributed by atoms with Crippen molar-refractivity contribution in [3.05, 3.63) is 0 Å². The topological polar surface area (TPSA) is 90.0 Å². The number of nitrogens with zero attached hydrogens (tertiary/aromatic N) is 2. The second-order valence-electron chi connectivity index (χ2n) is 3.06. The molecule has 6 heteroatoms. The fourth-order valence-corrected chi connectivity index (χ4v) is 1.23. The minimum atomic E-state index is -1.29. The van der Waals surface area contributed by atoms with Gasteiger partial charge >= 0.3 is 0 Å². The molecule has 0 saturated carbocycles. The Morgan fingerprint density at radius 2 is 1.92 bits per heavy atom. The molecule has 0 spiro atoms. The van der Waals surface area contributed by atoms with Crippen molar-refractivity contribution >= 4 is 5.91 Å². The van der Waals surface area contributed by atoms with Gasteiger partial charge in [0.1, 0.15) is 0 Å². The molecule has 13 heavy (non-hydrogen) atoms. The Morgan fingerprint density at radius 3 is 2.38 bits per heavy atom. The van der Waals surface area contributed by atoms with Crippen molar-refractivity contribution in [2.45, 2.75) is 6.10 Å². The van der Waals surface area contributed by atoms with Crippen LogP contribution in [0.25, 0.3) is 0 Å². The van der Waals surface area contributed by atoms with E-state index in [2.05, 4.69) is 0 Å². The number of hydrogen-bond acceptors (Lipinski definition) is 5. The number of amides is 1. The van der Waals surface area contributed by atoms with Crippen molar-refractivity contribution in [1.29, 1.82) is 0 Å². The van der Waals surface area contributed by atoms with Gasteiger partial charge in [0.05, 0.1) is 6.61 Å². The van der Waals surface area contributed by atoms with Crippen LogP contribution in [-0.2, 0) is 4.79 Å². The molecule has 1 atom stereocenters. The summed E-state index contributed by atoms with van der Waals surface area (Å²) < 4.78 is 0. The number of aliphatic hydroxyl groups excluding tert-OH is 2.